The Balaban J connectivity index is 0. The lowest BCUT2D eigenvalue weighted by Gasteiger charge is -2.12. The van der Waals surface area contributed by atoms with E-state index >= 15 is 0 Å². The van der Waals surface area contributed by atoms with Crippen molar-refractivity contribution in [3.8, 4) is 0 Å². The third-order valence-electron chi connectivity index (χ3n) is 2.00. The van der Waals surface area contributed by atoms with Crippen LogP contribution in [0.15, 0.2) is 0 Å². The van der Waals surface area contributed by atoms with Gasteiger partial charge in [-0.05, 0) is 6.42 Å². The molecule has 0 N–H and O–H groups in total. The van der Waals surface area contributed by atoms with Crippen molar-refractivity contribution >= 4 is 19.3 Å². The van der Waals surface area contributed by atoms with Crippen LogP contribution >= 0.6 is 0 Å². The second-order valence-corrected chi connectivity index (χ2v) is 9.55. The number of carbonyl (C=O) groups excluding carboxylic acids is 2. The summed E-state index contributed by atoms with van der Waals surface area (Å²) >= 11 is 0. The highest BCUT2D eigenvalue weighted by Gasteiger charge is 2.25. The van der Waals surface area contributed by atoms with Gasteiger partial charge in [0.15, 0.2) is 0 Å². The molecule has 0 saturated heterocycles. The van der Waals surface area contributed by atoms with Gasteiger partial charge in [-0.25, -0.2) is 0 Å². The van der Waals surface area contributed by atoms with E-state index in [-0.39, 0.29) is 25.0 Å². The first-order chi connectivity index (χ1) is 5.88. The van der Waals surface area contributed by atoms with E-state index in [1.54, 1.807) is 0 Å². The van der Waals surface area contributed by atoms with Gasteiger partial charge in [-0.2, -0.15) is 0 Å². The van der Waals surface area contributed by atoms with Gasteiger partial charge in [0.25, 0.3) is 0 Å². The summed E-state index contributed by atoms with van der Waals surface area (Å²) in [5.74, 6) is 0.120. The fourth-order valence-corrected chi connectivity index (χ4v) is 1.63. The monoisotopic (exact) mass is 216 g/mol. The highest BCUT2D eigenvalue weighted by molar-refractivity contribution is 7.03. The van der Waals surface area contributed by atoms with Crippen LogP contribution < -0.4 is 0 Å². The predicted octanol–water partition coefficient (Wildman–Crippen LogP) is 3.22. The van der Waals surface area contributed by atoms with E-state index in [0.29, 0.717) is 6.42 Å². The fourth-order valence-electron chi connectivity index (χ4n) is 0.907. The minimum Gasteiger partial charge on any atom is -0.305 e. The summed E-state index contributed by atoms with van der Waals surface area (Å²) in [5, 5.41) is 0.189. The number of ketones is 1. The average molecular weight is 216 g/mol. The first-order valence-electron chi connectivity index (χ1n) is 4.93. The molecule has 0 amide bonds. The van der Waals surface area contributed by atoms with E-state index < -0.39 is 8.07 Å². The lowest BCUT2D eigenvalue weighted by Crippen LogP contribution is -2.34. The maximum atomic E-state index is 11.5. The van der Waals surface area contributed by atoms with Crippen molar-refractivity contribution in [3.63, 3.8) is 0 Å². The minimum atomic E-state index is -1.72. The zero-order valence-electron chi connectivity index (χ0n) is 9.14. The van der Waals surface area contributed by atoms with Gasteiger partial charge in [-0.15, -0.1) is 0 Å². The van der Waals surface area contributed by atoms with E-state index in [1.165, 1.54) is 0 Å². The van der Waals surface area contributed by atoms with E-state index in [2.05, 4.69) is 0 Å². The zero-order valence-corrected chi connectivity index (χ0v) is 10.1. The predicted molar refractivity (Wildman–Crippen MR) is 64.2 cm³/mol. The van der Waals surface area contributed by atoms with Crippen LogP contribution in [-0.4, -0.2) is 19.3 Å². The number of hydrogen-bond donors (Lipinski definition) is 0. The van der Waals surface area contributed by atoms with Crippen molar-refractivity contribution in [2.24, 2.45) is 0 Å². The van der Waals surface area contributed by atoms with Gasteiger partial charge in [0.2, 0.25) is 0 Å². The smallest absolute Gasteiger partial charge is 0.139 e. The van der Waals surface area contributed by atoms with Crippen molar-refractivity contribution in [1.29, 1.82) is 0 Å². The first kappa shape index (κ1) is 16.0. The lowest BCUT2D eigenvalue weighted by molar-refractivity contribution is -0.124. The van der Waals surface area contributed by atoms with Crippen LogP contribution in [0.25, 0.3) is 0 Å². The average Bonchev–Trinajstić information content (AvgIpc) is 1.99. The van der Waals surface area contributed by atoms with E-state index in [4.69, 9.17) is 0 Å². The van der Waals surface area contributed by atoms with E-state index in [9.17, 15) is 9.59 Å². The Hall–Kier alpha value is -0.443. The number of unbranched alkanes of at least 4 members (excludes halogenated alkanes) is 1. The molecule has 0 aromatic rings. The molecule has 2 nitrogen and oxygen atoms in total. The zero-order chi connectivity index (χ0) is 10.5. The molecule has 0 aromatic heterocycles. The minimum absolute atomic E-state index is 0. The highest BCUT2D eigenvalue weighted by Crippen LogP contribution is 2.07. The normalized spacial score (nSPS) is 10.6. The molecule has 0 spiro atoms. The summed E-state index contributed by atoms with van der Waals surface area (Å²) in [4.78, 5) is 22.7. The van der Waals surface area contributed by atoms with E-state index in [1.807, 2.05) is 26.6 Å². The van der Waals surface area contributed by atoms with Crippen LogP contribution in [0.1, 0.15) is 40.0 Å². The van der Waals surface area contributed by atoms with Crippen LogP contribution in [0.2, 0.25) is 19.6 Å². The van der Waals surface area contributed by atoms with Crippen LogP contribution in [-0.2, 0) is 9.59 Å². The Bertz CT molecular complexity index is 192. The molecule has 3 heteroatoms. The Kier molecular flexibility index (Phi) is 7.92. The molecule has 0 unspecified atom stereocenters. The fraction of sp³-hybridized carbons (Fsp3) is 0.818. The summed E-state index contributed by atoms with van der Waals surface area (Å²) in [6, 6.07) is 0. The highest BCUT2D eigenvalue weighted by atomic mass is 28.3. The molecule has 0 radical (unpaired) electrons. The van der Waals surface area contributed by atoms with Gasteiger partial charge in [-0.1, -0.05) is 40.4 Å². The van der Waals surface area contributed by atoms with Crippen molar-refractivity contribution in [3.05, 3.63) is 0 Å². The molecule has 14 heavy (non-hydrogen) atoms. The summed E-state index contributed by atoms with van der Waals surface area (Å²) < 4.78 is 0. The molecule has 0 rings (SSSR count). The van der Waals surface area contributed by atoms with Crippen molar-refractivity contribution in [2.45, 2.75) is 59.7 Å². The van der Waals surface area contributed by atoms with Crippen molar-refractivity contribution in [1.82, 2.24) is 0 Å². The van der Waals surface area contributed by atoms with Crippen LogP contribution in [0, 0.1) is 0 Å². The van der Waals surface area contributed by atoms with Crippen LogP contribution in [0.5, 0.6) is 0 Å². The molecule has 0 aliphatic heterocycles. The molecule has 84 valence electrons. The summed E-state index contributed by atoms with van der Waals surface area (Å²) in [6.45, 7) is 8.01. The molecule has 0 atom stereocenters. The van der Waals surface area contributed by atoms with Gasteiger partial charge in [0, 0.05) is 6.42 Å². The van der Waals surface area contributed by atoms with Crippen LogP contribution in [0.3, 0.4) is 0 Å². The second kappa shape index (κ2) is 6.93. The molecule has 0 bridgehead atoms. The Labute approximate surface area is 89.1 Å². The molecular weight excluding hydrogens is 192 g/mol. The number of hydrogen-bond acceptors (Lipinski definition) is 2. The SMILES string of the molecule is C.CCCCC(=O)CC(=O)[Si](C)(C)C. The lowest BCUT2D eigenvalue weighted by atomic mass is 10.1. The van der Waals surface area contributed by atoms with Gasteiger partial charge in [0.1, 0.15) is 19.3 Å². The Morgan fingerprint density at radius 1 is 1.14 bits per heavy atom. The molecule has 0 fully saturated rings. The van der Waals surface area contributed by atoms with Crippen molar-refractivity contribution < 1.29 is 9.59 Å². The van der Waals surface area contributed by atoms with Gasteiger partial charge in [-0.3, -0.25) is 4.79 Å². The van der Waals surface area contributed by atoms with Crippen LogP contribution in [0.4, 0.5) is 0 Å². The number of rotatable bonds is 6. The molecule has 0 saturated carbocycles. The largest absolute Gasteiger partial charge is 0.305 e. The second-order valence-electron chi connectivity index (χ2n) is 4.49. The first-order valence-corrected chi connectivity index (χ1v) is 8.43. The third kappa shape index (κ3) is 7.01. The molecule has 0 aromatic carbocycles. The Morgan fingerprint density at radius 3 is 2.00 bits per heavy atom. The van der Waals surface area contributed by atoms with Gasteiger partial charge >= 0.3 is 0 Å². The topological polar surface area (TPSA) is 34.1 Å². The number of Topliss-reactive ketones (excluding diaryl/α,β-unsaturated/α-hetero) is 1. The third-order valence-corrected chi connectivity index (χ3v) is 3.85. The molecule has 0 aliphatic carbocycles. The standard InChI is InChI=1S/C10H20O2Si.CH4/c1-5-6-7-9(11)8-10(12)13(2,3)4;/h5-8H2,1-4H3;1H4. The maximum absolute atomic E-state index is 11.5. The van der Waals surface area contributed by atoms with Gasteiger partial charge in [0.05, 0.1) is 6.42 Å². The summed E-state index contributed by atoms with van der Waals surface area (Å²) in [6.07, 6.45) is 2.69. The van der Waals surface area contributed by atoms with Crippen molar-refractivity contribution in [2.75, 3.05) is 0 Å². The van der Waals surface area contributed by atoms with E-state index in [0.717, 1.165) is 12.8 Å². The molecular formula is C11H24O2Si. The summed E-state index contributed by atoms with van der Waals surface area (Å²) in [7, 11) is -1.72. The van der Waals surface area contributed by atoms with Gasteiger partial charge < -0.3 is 4.79 Å². The molecule has 0 aliphatic rings. The quantitative estimate of drug-likeness (QED) is 0.504. The molecule has 0 heterocycles. The summed E-state index contributed by atoms with van der Waals surface area (Å²) in [5.41, 5.74) is 0. The maximum Gasteiger partial charge on any atom is 0.139 e. The Morgan fingerprint density at radius 2 is 1.64 bits per heavy atom. The number of carbonyl (C=O) groups is 2.